The lowest BCUT2D eigenvalue weighted by molar-refractivity contribution is 0.0981. The number of ether oxygens (including phenoxy) is 2. The Hall–Kier alpha value is -3.46. The number of halogens is 1. The number of sulfonamides is 1. The van der Waals surface area contributed by atoms with Crippen LogP contribution in [0.4, 0.5) is 4.39 Å². The number of hydrogen-bond donors (Lipinski definition) is 1. The zero-order valence-corrected chi connectivity index (χ0v) is 18.8. The lowest BCUT2D eigenvalue weighted by atomic mass is 10.1. The van der Waals surface area contributed by atoms with Gasteiger partial charge in [0.2, 0.25) is 15.9 Å². The topological polar surface area (TPSA) is 94.6 Å². The van der Waals surface area contributed by atoms with Crippen molar-refractivity contribution in [3.05, 3.63) is 77.6 Å². The van der Waals surface area contributed by atoms with E-state index in [1.165, 1.54) is 37.1 Å². The molecular weight excluding hydrogens is 447 g/mol. The van der Waals surface area contributed by atoms with Crippen LogP contribution in [0.25, 0.3) is 11.3 Å². The minimum absolute atomic E-state index is 0.134. The molecule has 1 fully saturated rings. The predicted octanol–water partition coefficient (Wildman–Crippen LogP) is 3.94. The second-order valence-electron chi connectivity index (χ2n) is 7.98. The van der Waals surface area contributed by atoms with Gasteiger partial charge in [-0.2, -0.15) is 0 Å². The molecule has 33 heavy (non-hydrogen) atoms. The second-order valence-corrected chi connectivity index (χ2v) is 9.73. The molecule has 0 spiro atoms. The number of carbonyl (C=O) groups excluding carboxylic acids is 1. The molecule has 0 aliphatic heterocycles. The van der Waals surface area contributed by atoms with Crippen molar-refractivity contribution < 1.29 is 27.1 Å². The van der Waals surface area contributed by atoms with Gasteiger partial charge in [0.1, 0.15) is 18.2 Å². The first-order valence-corrected chi connectivity index (χ1v) is 12.3. The molecule has 1 amide bonds. The summed E-state index contributed by atoms with van der Waals surface area (Å²) in [6, 6.07) is 16.0. The van der Waals surface area contributed by atoms with Crippen LogP contribution in [-0.2, 0) is 16.6 Å². The summed E-state index contributed by atoms with van der Waals surface area (Å²) in [6.45, 7) is 0.775. The Morgan fingerprint density at radius 2 is 1.85 bits per heavy atom. The first kappa shape index (κ1) is 22.7. The fraction of sp³-hybridized carbons (Fsp3) is 0.250. The summed E-state index contributed by atoms with van der Waals surface area (Å²) < 4.78 is 50.0. The largest absolute Gasteiger partial charge is 0.489 e. The van der Waals surface area contributed by atoms with Crippen LogP contribution in [0.3, 0.4) is 0 Å². The summed E-state index contributed by atoms with van der Waals surface area (Å²) in [5.41, 5.74) is 2.07. The summed E-state index contributed by atoms with van der Waals surface area (Å²) in [6.07, 6.45) is 3.27. The van der Waals surface area contributed by atoms with Gasteiger partial charge in [-0.15, -0.1) is 0 Å². The van der Waals surface area contributed by atoms with Crippen molar-refractivity contribution in [2.24, 2.45) is 5.92 Å². The Morgan fingerprint density at radius 3 is 2.55 bits per heavy atom. The number of nitrogens with one attached hydrogen (secondary N) is 1. The van der Waals surface area contributed by atoms with Gasteiger partial charge in [0.05, 0.1) is 18.6 Å². The predicted molar refractivity (Wildman–Crippen MR) is 121 cm³/mol. The molecule has 9 heteroatoms. The smallest absolute Gasteiger partial charge is 0.264 e. The third-order valence-corrected chi connectivity index (χ3v) is 5.51. The molecule has 0 saturated heterocycles. The lowest BCUT2D eigenvalue weighted by Crippen LogP contribution is -2.29. The second kappa shape index (κ2) is 9.58. The Balaban J connectivity index is 1.42. The van der Waals surface area contributed by atoms with Gasteiger partial charge >= 0.3 is 0 Å². The Labute approximate surface area is 191 Å². The number of nitrogens with zero attached hydrogens (tertiary/aromatic N) is 1. The third kappa shape index (κ3) is 6.76. The van der Waals surface area contributed by atoms with E-state index in [-0.39, 0.29) is 12.2 Å². The van der Waals surface area contributed by atoms with Gasteiger partial charge in [0.25, 0.3) is 5.91 Å². The van der Waals surface area contributed by atoms with E-state index in [0.29, 0.717) is 35.4 Å². The first-order chi connectivity index (χ1) is 15.7. The highest BCUT2D eigenvalue weighted by atomic mass is 32.2. The fourth-order valence-electron chi connectivity index (χ4n) is 3.08. The highest BCUT2D eigenvalue weighted by Crippen LogP contribution is 2.30. The van der Waals surface area contributed by atoms with Crippen molar-refractivity contribution in [1.29, 1.82) is 0 Å². The van der Waals surface area contributed by atoms with E-state index in [1.54, 1.807) is 30.3 Å². The molecule has 1 saturated carbocycles. The van der Waals surface area contributed by atoms with Crippen LogP contribution < -0.4 is 14.2 Å². The average molecular weight is 471 g/mol. The molecule has 1 aliphatic carbocycles. The Bertz CT molecular complexity index is 1260. The van der Waals surface area contributed by atoms with Gasteiger partial charge in [-0.3, -0.25) is 4.79 Å². The van der Waals surface area contributed by atoms with Crippen LogP contribution in [0.2, 0.25) is 0 Å². The molecule has 2 aromatic carbocycles. The molecule has 1 aromatic heterocycles. The molecule has 4 rings (SSSR count). The molecule has 0 bridgehead atoms. The molecule has 1 heterocycles. The van der Waals surface area contributed by atoms with E-state index in [2.05, 4.69) is 4.98 Å². The number of amides is 1. The summed E-state index contributed by atoms with van der Waals surface area (Å²) in [5.74, 6) is 0.269. The number of rotatable bonds is 9. The van der Waals surface area contributed by atoms with Crippen molar-refractivity contribution >= 4 is 15.9 Å². The summed E-state index contributed by atoms with van der Waals surface area (Å²) in [7, 11) is -3.64. The van der Waals surface area contributed by atoms with Crippen LogP contribution in [0.15, 0.2) is 60.7 Å². The molecule has 3 aromatic rings. The van der Waals surface area contributed by atoms with Gasteiger partial charge in [0, 0.05) is 23.3 Å². The summed E-state index contributed by atoms with van der Waals surface area (Å²) in [5, 5.41) is 0. The average Bonchev–Trinajstić information content (AvgIpc) is 3.60. The number of aromatic nitrogens is 1. The van der Waals surface area contributed by atoms with Crippen LogP contribution in [-0.4, -0.2) is 32.2 Å². The maximum Gasteiger partial charge on any atom is 0.264 e. The van der Waals surface area contributed by atoms with Gasteiger partial charge in [-0.25, -0.2) is 22.5 Å². The number of carbonyl (C=O) groups is 1. The van der Waals surface area contributed by atoms with Gasteiger partial charge in [-0.1, -0.05) is 18.2 Å². The maximum atomic E-state index is 14.2. The Morgan fingerprint density at radius 1 is 1.09 bits per heavy atom. The van der Waals surface area contributed by atoms with Gasteiger partial charge in [0.15, 0.2) is 0 Å². The van der Waals surface area contributed by atoms with Crippen LogP contribution in [0.1, 0.15) is 28.8 Å². The van der Waals surface area contributed by atoms with Crippen molar-refractivity contribution in [3.63, 3.8) is 0 Å². The zero-order chi connectivity index (χ0) is 23.4. The van der Waals surface area contributed by atoms with Crippen LogP contribution in [0.5, 0.6) is 11.6 Å². The third-order valence-electron chi connectivity index (χ3n) is 4.95. The van der Waals surface area contributed by atoms with E-state index in [1.807, 2.05) is 10.8 Å². The molecule has 1 aliphatic rings. The number of benzene rings is 2. The van der Waals surface area contributed by atoms with E-state index in [0.717, 1.165) is 11.8 Å². The molecule has 7 nitrogen and oxygen atoms in total. The fourth-order valence-corrected chi connectivity index (χ4v) is 3.54. The molecular formula is C24H23FN2O5S. The quantitative estimate of drug-likeness (QED) is 0.509. The van der Waals surface area contributed by atoms with E-state index in [4.69, 9.17) is 9.47 Å². The summed E-state index contributed by atoms with van der Waals surface area (Å²) >= 11 is 0. The highest BCUT2D eigenvalue weighted by molar-refractivity contribution is 7.89. The Kier molecular flexibility index (Phi) is 6.60. The van der Waals surface area contributed by atoms with Crippen molar-refractivity contribution in [3.8, 4) is 22.9 Å². The van der Waals surface area contributed by atoms with Gasteiger partial charge < -0.3 is 9.47 Å². The SMILES string of the molecule is CS(=O)(=O)NC(=O)c1ccc(COc2cc(F)cc(-c3cccc(OCC4CC4)n3)c2)cc1. The maximum absolute atomic E-state index is 14.2. The first-order valence-electron chi connectivity index (χ1n) is 10.4. The van der Waals surface area contributed by atoms with Gasteiger partial charge in [-0.05, 0) is 54.7 Å². The van der Waals surface area contributed by atoms with Crippen molar-refractivity contribution in [2.75, 3.05) is 12.9 Å². The van der Waals surface area contributed by atoms with E-state index >= 15 is 0 Å². The highest BCUT2D eigenvalue weighted by Gasteiger charge is 2.22. The monoisotopic (exact) mass is 470 g/mol. The zero-order valence-electron chi connectivity index (χ0n) is 18.0. The normalized spacial score (nSPS) is 13.4. The molecule has 0 radical (unpaired) electrons. The van der Waals surface area contributed by atoms with Crippen molar-refractivity contribution in [1.82, 2.24) is 9.71 Å². The minimum atomic E-state index is -3.64. The lowest BCUT2D eigenvalue weighted by Gasteiger charge is -2.10. The van der Waals surface area contributed by atoms with Crippen molar-refractivity contribution in [2.45, 2.75) is 19.4 Å². The van der Waals surface area contributed by atoms with E-state index < -0.39 is 21.7 Å². The number of pyridine rings is 1. The molecule has 1 N–H and O–H groups in total. The van der Waals surface area contributed by atoms with Crippen LogP contribution in [0, 0.1) is 11.7 Å². The minimum Gasteiger partial charge on any atom is -0.489 e. The van der Waals surface area contributed by atoms with E-state index in [9.17, 15) is 17.6 Å². The number of hydrogen-bond acceptors (Lipinski definition) is 6. The molecule has 0 atom stereocenters. The molecule has 172 valence electrons. The summed E-state index contributed by atoms with van der Waals surface area (Å²) in [4.78, 5) is 16.4. The standard InChI is InChI=1S/C24H23FN2O5S/c1-33(29,30)27-24(28)18-9-7-17(8-10-18)14-31-21-12-19(11-20(25)13-21)22-3-2-4-23(26-22)32-15-16-5-6-16/h2-4,7-13,16H,5-6,14-15H2,1H3,(H,27,28). The molecule has 0 unspecified atom stereocenters. The van der Waals surface area contributed by atoms with Crippen LogP contribution >= 0.6 is 0 Å².